The number of thioether (sulfide) groups is 1. The summed E-state index contributed by atoms with van der Waals surface area (Å²) in [6.45, 7) is 0. The van der Waals surface area contributed by atoms with Crippen molar-refractivity contribution in [3.8, 4) is 22.8 Å². The van der Waals surface area contributed by atoms with Crippen LogP contribution in [0.25, 0.3) is 22.8 Å². The highest BCUT2D eigenvalue weighted by Crippen LogP contribution is 2.31. The summed E-state index contributed by atoms with van der Waals surface area (Å²) in [5, 5.41) is 9.12. The van der Waals surface area contributed by atoms with E-state index in [0.29, 0.717) is 17.3 Å². The fraction of sp³-hybridized carbons (Fsp3) is 0.111. The van der Waals surface area contributed by atoms with Gasteiger partial charge in [-0.25, -0.2) is 4.98 Å². The summed E-state index contributed by atoms with van der Waals surface area (Å²) < 4.78 is 5.88. The Morgan fingerprint density at radius 3 is 2.39 bits per heavy atom. The van der Waals surface area contributed by atoms with Gasteiger partial charge in [0.25, 0.3) is 0 Å². The zero-order valence-electron chi connectivity index (χ0n) is 12.5. The molecule has 3 rings (SSSR count). The molecular weight excluding hydrogens is 310 g/mol. The van der Waals surface area contributed by atoms with E-state index in [0.717, 1.165) is 16.0 Å². The summed E-state index contributed by atoms with van der Waals surface area (Å²) in [6.07, 6.45) is 1.84. The topological polar surface area (TPSA) is 63.3 Å². The first-order valence-corrected chi connectivity index (χ1v) is 8.31. The quantitative estimate of drug-likeness (QED) is 0.706. The van der Waals surface area contributed by atoms with Crippen LogP contribution in [-0.2, 0) is 11.2 Å². The van der Waals surface area contributed by atoms with Crippen LogP contribution in [0.2, 0.25) is 0 Å². The third kappa shape index (κ3) is 3.46. The van der Waals surface area contributed by atoms with Gasteiger partial charge < -0.3 is 9.52 Å². The first-order chi connectivity index (χ1) is 11.2. The smallest absolute Gasteiger partial charge is 0.309 e. The molecule has 0 atom stereocenters. The van der Waals surface area contributed by atoms with E-state index < -0.39 is 5.97 Å². The molecule has 5 heteroatoms. The molecule has 0 aliphatic carbocycles. The van der Waals surface area contributed by atoms with Gasteiger partial charge in [0.05, 0.1) is 12.1 Å². The van der Waals surface area contributed by atoms with E-state index in [1.807, 2.05) is 60.9 Å². The van der Waals surface area contributed by atoms with E-state index >= 15 is 0 Å². The van der Waals surface area contributed by atoms with Gasteiger partial charge in [0, 0.05) is 16.0 Å². The van der Waals surface area contributed by atoms with E-state index in [9.17, 15) is 4.79 Å². The number of oxazole rings is 1. The maximum atomic E-state index is 11.1. The summed E-state index contributed by atoms with van der Waals surface area (Å²) in [5.41, 5.74) is 2.09. The number of carbonyl (C=O) groups is 1. The van der Waals surface area contributed by atoms with E-state index in [1.54, 1.807) is 11.8 Å². The summed E-state index contributed by atoms with van der Waals surface area (Å²) >= 11 is 1.65. The zero-order chi connectivity index (χ0) is 16.2. The molecule has 0 aliphatic rings. The standard InChI is InChI=1S/C18H15NO3S/c1-23-14-9-7-12(8-10-14)17-15(11-16(20)21)19-18(22-17)13-5-3-2-4-6-13/h2-10H,11H2,1H3,(H,20,21). The average Bonchev–Trinajstić information content (AvgIpc) is 2.99. The molecule has 2 aromatic carbocycles. The van der Waals surface area contributed by atoms with Crippen molar-refractivity contribution < 1.29 is 14.3 Å². The first-order valence-electron chi connectivity index (χ1n) is 7.08. The van der Waals surface area contributed by atoms with Crippen LogP contribution in [0.1, 0.15) is 5.69 Å². The van der Waals surface area contributed by atoms with Gasteiger partial charge in [-0.2, -0.15) is 0 Å². The molecule has 0 bridgehead atoms. The van der Waals surface area contributed by atoms with Crippen molar-refractivity contribution in [3.05, 3.63) is 60.3 Å². The van der Waals surface area contributed by atoms with E-state index in [1.165, 1.54) is 0 Å². The summed E-state index contributed by atoms with van der Waals surface area (Å²) in [5.74, 6) is 0.0181. The lowest BCUT2D eigenvalue weighted by Gasteiger charge is -2.01. The molecule has 116 valence electrons. The molecule has 0 saturated heterocycles. The Kier molecular flexibility index (Phi) is 4.48. The van der Waals surface area contributed by atoms with Crippen molar-refractivity contribution in [2.45, 2.75) is 11.3 Å². The number of rotatable bonds is 5. The molecule has 0 fully saturated rings. The third-order valence-electron chi connectivity index (χ3n) is 3.39. The minimum atomic E-state index is -0.931. The molecule has 0 spiro atoms. The Labute approximate surface area is 138 Å². The Hall–Kier alpha value is -2.53. The highest BCUT2D eigenvalue weighted by Gasteiger charge is 2.18. The SMILES string of the molecule is CSc1ccc(-c2oc(-c3ccccc3)nc2CC(=O)O)cc1. The van der Waals surface area contributed by atoms with Crippen LogP contribution in [0.4, 0.5) is 0 Å². The molecule has 0 aliphatic heterocycles. The second-order valence-corrected chi connectivity index (χ2v) is 5.84. The number of carboxylic acids is 1. The van der Waals surface area contributed by atoms with E-state index in [2.05, 4.69) is 4.98 Å². The van der Waals surface area contributed by atoms with Crippen LogP contribution in [-0.4, -0.2) is 22.3 Å². The van der Waals surface area contributed by atoms with Crippen molar-refractivity contribution in [2.75, 3.05) is 6.26 Å². The number of benzene rings is 2. The van der Waals surface area contributed by atoms with Gasteiger partial charge in [-0.3, -0.25) is 4.79 Å². The normalized spacial score (nSPS) is 10.7. The Bertz CT molecular complexity index is 810. The van der Waals surface area contributed by atoms with Gasteiger partial charge in [0.2, 0.25) is 5.89 Å². The summed E-state index contributed by atoms with van der Waals surface area (Å²) in [7, 11) is 0. The monoisotopic (exact) mass is 325 g/mol. The zero-order valence-corrected chi connectivity index (χ0v) is 13.3. The van der Waals surface area contributed by atoms with Crippen LogP contribution < -0.4 is 0 Å². The van der Waals surface area contributed by atoms with Crippen LogP contribution in [0.5, 0.6) is 0 Å². The highest BCUT2D eigenvalue weighted by molar-refractivity contribution is 7.98. The molecule has 23 heavy (non-hydrogen) atoms. The van der Waals surface area contributed by atoms with Gasteiger partial charge in [-0.15, -0.1) is 11.8 Å². The summed E-state index contributed by atoms with van der Waals surface area (Å²) in [4.78, 5) is 16.6. The predicted octanol–water partition coefficient (Wildman–Crippen LogP) is 4.36. The lowest BCUT2D eigenvalue weighted by molar-refractivity contribution is -0.136. The lowest BCUT2D eigenvalue weighted by Crippen LogP contribution is -2.01. The first kappa shape index (κ1) is 15.4. The Morgan fingerprint density at radius 1 is 1.09 bits per heavy atom. The largest absolute Gasteiger partial charge is 0.481 e. The van der Waals surface area contributed by atoms with E-state index in [-0.39, 0.29) is 6.42 Å². The van der Waals surface area contributed by atoms with E-state index in [4.69, 9.17) is 9.52 Å². The van der Waals surface area contributed by atoms with Crippen molar-refractivity contribution in [3.63, 3.8) is 0 Å². The lowest BCUT2D eigenvalue weighted by atomic mass is 10.1. The molecule has 1 aromatic heterocycles. The minimum absolute atomic E-state index is 0.171. The van der Waals surface area contributed by atoms with Crippen LogP contribution >= 0.6 is 11.8 Å². The Morgan fingerprint density at radius 2 is 1.78 bits per heavy atom. The van der Waals surface area contributed by atoms with Gasteiger partial charge >= 0.3 is 5.97 Å². The molecule has 0 radical (unpaired) electrons. The number of aromatic nitrogens is 1. The minimum Gasteiger partial charge on any atom is -0.481 e. The third-order valence-corrected chi connectivity index (χ3v) is 4.13. The second-order valence-electron chi connectivity index (χ2n) is 4.96. The fourth-order valence-corrected chi connectivity index (χ4v) is 2.70. The molecule has 1 N–H and O–H groups in total. The number of hydrogen-bond acceptors (Lipinski definition) is 4. The van der Waals surface area contributed by atoms with Crippen LogP contribution in [0.15, 0.2) is 63.9 Å². The van der Waals surface area contributed by atoms with Crippen molar-refractivity contribution in [1.29, 1.82) is 0 Å². The predicted molar refractivity (Wildman–Crippen MR) is 90.5 cm³/mol. The number of aliphatic carboxylic acids is 1. The van der Waals surface area contributed by atoms with Crippen molar-refractivity contribution >= 4 is 17.7 Å². The number of nitrogens with zero attached hydrogens (tertiary/aromatic N) is 1. The molecule has 0 saturated carbocycles. The molecule has 4 nitrogen and oxygen atoms in total. The fourth-order valence-electron chi connectivity index (χ4n) is 2.29. The molecule has 0 unspecified atom stereocenters. The molecule has 1 heterocycles. The number of hydrogen-bond donors (Lipinski definition) is 1. The average molecular weight is 325 g/mol. The van der Waals surface area contributed by atoms with Gasteiger partial charge in [0.1, 0.15) is 0 Å². The maximum absolute atomic E-state index is 11.1. The molecule has 3 aromatic rings. The Balaban J connectivity index is 2.06. The van der Waals surface area contributed by atoms with Crippen LogP contribution in [0, 0.1) is 0 Å². The van der Waals surface area contributed by atoms with Crippen molar-refractivity contribution in [2.24, 2.45) is 0 Å². The number of carboxylic acid groups (broad SMARTS) is 1. The summed E-state index contributed by atoms with van der Waals surface area (Å²) in [6, 6.07) is 17.3. The molecule has 0 amide bonds. The maximum Gasteiger partial charge on any atom is 0.309 e. The molecular formula is C18H15NO3S. The highest BCUT2D eigenvalue weighted by atomic mass is 32.2. The van der Waals surface area contributed by atoms with Gasteiger partial charge in [-0.1, -0.05) is 30.3 Å². The van der Waals surface area contributed by atoms with Gasteiger partial charge in [-0.05, 0) is 30.5 Å². The second kappa shape index (κ2) is 6.71. The van der Waals surface area contributed by atoms with Crippen molar-refractivity contribution in [1.82, 2.24) is 4.98 Å². The van der Waals surface area contributed by atoms with Gasteiger partial charge in [0.15, 0.2) is 5.76 Å². The van der Waals surface area contributed by atoms with Crippen LogP contribution in [0.3, 0.4) is 0 Å².